The Morgan fingerprint density at radius 3 is 2.62 bits per heavy atom. The first-order valence-corrected chi connectivity index (χ1v) is 15.7. The molecule has 1 aliphatic rings. The average molecular weight is 580 g/mol. The van der Waals surface area contributed by atoms with Crippen LogP contribution in [0.25, 0.3) is 10.9 Å². The summed E-state index contributed by atoms with van der Waals surface area (Å²) >= 11 is 1.83. The van der Waals surface area contributed by atoms with Crippen LogP contribution in [0.5, 0.6) is 0 Å². The van der Waals surface area contributed by atoms with E-state index in [2.05, 4.69) is 32.3 Å². The summed E-state index contributed by atoms with van der Waals surface area (Å²) in [5.41, 5.74) is 2.63. The summed E-state index contributed by atoms with van der Waals surface area (Å²) in [4.78, 5) is 22.8. The highest BCUT2D eigenvalue weighted by atomic mass is 32.2. The molecule has 210 valence electrons. The van der Waals surface area contributed by atoms with Crippen molar-refractivity contribution in [2.24, 2.45) is 0 Å². The highest BCUT2D eigenvalue weighted by Crippen LogP contribution is 2.29. The Morgan fingerprint density at radius 1 is 1.10 bits per heavy atom. The van der Waals surface area contributed by atoms with E-state index in [1.165, 1.54) is 29.2 Å². The van der Waals surface area contributed by atoms with Crippen LogP contribution in [0.15, 0.2) is 84.0 Å². The summed E-state index contributed by atoms with van der Waals surface area (Å²) in [6.45, 7) is 4.58. The average Bonchev–Trinajstić information content (AvgIpc) is 3.44. The van der Waals surface area contributed by atoms with E-state index in [1.54, 1.807) is 30.3 Å². The summed E-state index contributed by atoms with van der Waals surface area (Å²) in [5.74, 6) is 0.628. The molecule has 0 aliphatic carbocycles. The van der Waals surface area contributed by atoms with Crippen LogP contribution in [-0.4, -0.2) is 80.9 Å². The summed E-state index contributed by atoms with van der Waals surface area (Å²) < 4.78 is 33.0. The van der Waals surface area contributed by atoms with E-state index in [-0.39, 0.29) is 16.2 Å². The van der Waals surface area contributed by atoms with Crippen molar-refractivity contribution in [3.8, 4) is 0 Å². The monoisotopic (exact) mass is 579 g/mol. The van der Waals surface area contributed by atoms with Gasteiger partial charge in [-0.2, -0.15) is 20.2 Å². The van der Waals surface area contributed by atoms with Crippen molar-refractivity contribution in [3.63, 3.8) is 0 Å². The SMILES string of the molecule is CN(c1cccc2cc(C(=O)NCC(CN3CCOCC3)SCc3ccccc3)[nH]c12)S(=O)(=O)c1ccccn1. The Kier molecular flexibility index (Phi) is 9.05. The zero-order valence-electron chi connectivity index (χ0n) is 22.3. The number of thioether (sulfide) groups is 1. The van der Waals surface area contributed by atoms with Crippen LogP contribution in [0.2, 0.25) is 0 Å². The Hall–Kier alpha value is -3.38. The number of carbonyl (C=O) groups excluding carboxylic acids is 1. The molecule has 9 nitrogen and oxygen atoms in total. The van der Waals surface area contributed by atoms with Crippen molar-refractivity contribution in [2.45, 2.75) is 16.0 Å². The van der Waals surface area contributed by atoms with Crippen molar-refractivity contribution in [1.29, 1.82) is 0 Å². The number of pyridine rings is 1. The number of aromatic amines is 1. The molecule has 2 aromatic carbocycles. The first kappa shape index (κ1) is 28.2. The molecule has 0 saturated carbocycles. The molecule has 1 fully saturated rings. The zero-order chi connectivity index (χ0) is 28.0. The second-order valence-corrected chi connectivity index (χ2v) is 12.8. The van der Waals surface area contributed by atoms with Gasteiger partial charge < -0.3 is 15.0 Å². The molecule has 3 heterocycles. The Morgan fingerprint density at radius 2 is 1.88 bits per heavy atom. The largest absolute Gasteiger partial charge is 0.379 e. The summed E-state index contributed by atoms with van der Waals surface area (Å²) in [7, 11) is -2.39. The van der Waals surface area contributed by atoms with Gasteiger partial charge >= 0.3 is 0 Å². The summed E-state index contributed by atoms with van der Waals surface area (Å²) in [5, 5.41) is 3.99. The predicted octanol–water partition coefficient (Wildman–Crippen LogP) is 3.75. The molecule has 0 bridgehead atoms. The molecule has 1 unspecified atom stereocenters. The number of nitrogens with one attached hydrogen (secondary N) is 2. The zero-order valence-corrected chi connectivity index (χ0v) is 24.0. The first-order chi connectivity index (χ1) is 19.4. The van der Waals surface area contributed by atoms with Gasteiger partial charge in [-0.3, -0.25) is 14.0 Å². The molecule has 40 heavy (non-hydrogen) atoms. The number of anilines is 1. The maximum Gasteiger partial charge on any atom is 0.281 e. The minimum absolute atomic E-state index is 0.0432. The number of sulfonamides is 1. The van der Waals surface area contributed by atoms with Crippen molar-refractivity contribution in [2.75, 3.05) is 50.7 Å². The van der Waals surface area contributed by atoms with Crippen LogP contribution in [0.1, 0.15) is 16.1 Å². The number of hydrogen-bond acceptors (Lipinski definition) is 7. The lowest BCUT2D eigenvalue weighted by molar-refractivity contribution is 0.0381. The molecule has 5 rings (SSSR count). The van der Waals surface area contributed by atoms with Gasteiger partial charge in [-0.15, -0.1) is 0 Å². The number of nitrogens with zero attached hydrogens (tertiary/aromatic N) is 3. The third kappa shape index (κ3) is 6.67. The van der Waals surface area contributed by atoms with Crippen LogP contribution in [0, 0.1) is 0 Å². The lowest BCUT2D eigenvalue weighted by Crippen LogP contribution is -2.43. The van der Waals surface area contributed by atoms with Gasteiger partial charge in [-0.25, -0.2) is 4.98 Å². The number of amides is 1. The molecule has 1 saturated heterocycles. The molecular formula is C29H33N5O4S2. The maximum absolute atomic E-state index is 13.3. The van der Waals surface area contributed by atoms with Gasteiger partial charge in [-0.1, -0.05) is 48.5 Å². The molecule has 1 amide bonds. The van der Waals surface area contributed by atoms with Gasteiger partial charge in [0.05, 0.1) is 24.4 Å². The highest BCUT2D eigenvalue weighted by Gasteiger charge is 2.25. The fourth-order valence-electron chi connectivity index (χ4n) is 4.63. The molecule has 1 aliphatic heterocycles. The third-order valence-corrected chi connectivity index (χ3v) is 9.84. The molecule has 11 heteroatoms. The lowest BCUT2D eigenvalue weighted by atomic mass is 10.2. The fourth-order valence-corrected chi connectivity index (χ4v) is 6.91. The first-order valence-electron chi connectivity index (χ1n) is 13.2. The van der Waals surface area contributed by atoms with Gasteiger partial charge in [0.25, 0.3) is 15.9 Å². The number of hydrogen-bond donors (Lipinski definition) is 2. The van der Waals surface area contributed by atoms with Crippen molar-refractivity contribution >= 4 is 44.3 Å². The van der Waals surface area contributed by atoms with Crippen LogP contribution >= 0.6 is 11.8 Å². The van der Waals surface area contributed by atoms with Gasteiger partial charge in [0.2, 0.25) is 0 Å². The smallest absolute Gasteiger partial charge is 0.281 e. The van der Waals surface area contributed by atoms with E-state index in [1.807, 2.05) is 36.0 Å². The van der Waals surface area contributed by atoms with Gasteiger partial charge in [0.15, 0.2) is 5.03 Å². The van der Waals surface area contributed by atoms with E-state index >= 15 is 0 Å². The number of para-hydroxylation sites is 1. The van der Waals surface area contributed by atoms with Crippen molar-refractivity contribution in [3.05, 3.63) is 90.3 Å². The number of morpholine rings is 1. The Balaban J connectivity index is 1.30. The molecule has 1 atom stereocenters. The fraction of sp³-hybridized carbons (Fsp3) is 0.310. The lowest BCUT2D eigenvalue weighted by Gasteiger charge is -2.30. The quantitative estimate of drug-likeness (QED) is 0.279. The van der Waals surface area contributed by atoms with Crippen LogP contribution in [0.4, 0.5) is 5.69 Å². The third-order valence-electron chi connectivity index (χ3n) is 6.87. The molecule has 2 N–H and O–H groups in total. The topological polar surface area (TPSA) is 108 Å². The van der Waals surface area contributed by atoms with E-state index in [0.29, 0.717) is 23.4 Å². The van der Waals surface area contributed by atoms with Gasteiger partial charge in [0.1, 0.15) is 5.69 Å². The molecule has 0 spiro atoms. The van der Waals surface area contributed by atoms with Crippen molar-refractivity contribution in [1.82, 2.24) is 20.2 Å². The number of benzene rings is 2. The Bertz CT molecular complexity index is 1520. The predicted molar refractivity (Wildman–Crippen MR) is 159 cm³/mol. The van der Waals surface area contributed by atoms with E-state index in [9.17, 15) is 13.2 Å². The molecule has 0 radical (unpaired) electrons. The standard InChI is InChI=1S/C29H33N5O4S2/c1-33(40(36,37)27-12-5-6-13-30-27)26-11-7-10-23-18-25(32-28(23)26)29(35)31-19-24(20-34-14-16-38-17-15-34)39-21-22-8-3-2-4-9-22/h2-13,18,24,32H,14-17,19-21H2,1H3,(H,31,35). The summed E-state index contributed by atoms with van der Waals surface area (Å²) in [6.07, 6.45) is 1.45. The van der Waals surface area contributed by atoms with E-state index in [4.69, 9.17) is 4.74 Å². The van der Waals surface area contributed by atoms with E-state index < -0.39 is 10.0 Å². The normalized spacial score (nSPS) is 15.1. The number of H-pyrrole nitrogens is 1. The van der Waals surface area contributed by atoms with Gasteiger partial charge in [-0.05, 0) is 29.8 Å². The van der Waals surface area contributed by atoms with Crippen LogP contribution in [-0.2, 0) is 20.5 Å². The van der Waals surface area contributed by atoms with Gasteiger partial charge in [0, 0.05) is 55.8 Å². The minimum atomic E-state index is -3.87. The molecular weight excluding hydrogens is 546 g/mol. The minimum Gasteiger partial charge on any atom is -0.379 e. The maximum atomic E-state index is 13.3. The Labute approximate surface area is 239 Å². The van der Waals surface area contributed by atoms with Crippen molar-refractivity contribution < 1.29 is 17.9 Å². The number of rotatable bonds is 11. The van der Waals surface area contributed by atoms with Crippen LogP contribution < -0.4 is 9.62 Å². The number of carbonyl (C=O) groups is 1. The second kappa shape index (κ2) is 12.9. The second-order valence-electron chi connectivity index (χ2n) is 9.61. The number of ether oxygens (including phenoxy) is 1. The summed E-state index contributed by atoms with van der Waals surface area (Å²) in [6, 6.07) is 22.2. The number of aromatic nitrogens is 2. The van der Waals surface area contributed by atoms with Crippen LogP contribution in [0.3, 0.4) is 0 Å². The van der Waals surface area contributed by atoms with E-state index in [0.717, 1.165) is 44.0 Å². The number of fused-ring (bicyclic) bond motifs is 1. The molecule has 4 aromatic rings. The molecule has 2 aromatic heterocycles. The highest BCUT2D eigenvalue weighted by molar-refractivity contribution is 7.99.